The van der Waals surface area contributed by atoms with E-state index in [1.54, 1.807) is 33.8 Å². The maximum Gasteiger partial charge on any atom is 0.410 e. The van der Waals surface area contributed by atoms with Crippen LogP contribution >= 0.6 is 0 Å². The molecular formula is C20H27NO4. The predicted molar refractivity (Wildman–Crippen MR) is 97.0 cm³/mol. The van der Waals surface area contributed by atoms with Gasteiger partial charge in [-0.25, -0.2) is 4.79 Å². The number of carbonyl (C=O) groups is 2. The lowest BCUT2D eigenvalue weighted by molar-refractivity contribution is -0.134. The minimum Gasteiger partial charge on any atom is -0.444 e. The molecule has 5 heteroatoms. The molecule has 3 unspecified atom stereocenters. The number of ketones is 1. The lowest BCUT2D eigenvalue weighted by Gasteiger charge is -2.38. The Hall–Kier alpha value is -2.14. The third-order valence-electron chi connectivity index (χ3n) is 4.25. The van der Waals surface area contributed by atoms with Gasteiger partial charge in [0.15, 0.2) is 5.78 Å². The summed E-state index contributed by atoms with van der Waals surface area (Å²) in [5.41, 5.74) is 0.363. The topological polar surface area (TPSA) is 66.8 Å². The Bertz CT molecular complexity index is 633. The summed E-state index contributed by atoms with van der Waals surface area (Å²) in [6.45, 7) is 7.46. The summed E-state index contributed by atoms with van der Waals surface area (Å²) < 4.78 is 5.36. The Labute approximate surface area is 149 Å². The molecule has 2 rings (SSSR count). The van der Waals surface area contributed by atoms with Crippen LogP contribution in [0.3, 0.4) is 0 Å². The lowest BCUT2D eigenvalue weighted by Crippen LogP contribution is -2.54. The number of rotatable bonds is 3. The van der Waals surface area contributed by atoms with Crippen LogP contribution in [-0.2, 0) is 9.53 Å². The molecule has 0 bridgehead atoms. The first-order chi connectivity index (χ1) is 11.7. The Morgan fingerprint density at radius 3 is 2.56 bits per heavy atom. The quantitative estimate of drug-likeness (QED) is 0.913. The van der Waals surface area contributed by atoms with E-state index >= 15 is 0 Å². The second-order valence-electron chi connectivity index (χ2n) is 7.41. The van der Waals surface area contributed by atoms with Gasteiger partial charge in [-0.2, -0.15) is 0 Å². The molecular weight excluding hydrogens is 318 g/mol. The molecule has 25 heavy (non-hydrogen) atoms. The third kappa shape index (κ3) is 5.16. The highest BCUT2D eigenvalue weighted by Gasteiger charge is 2.40. The normalized spacial score (nSPS) is 22.9. The van der Waals surface area contributed by atoms with Crippen LogP contribution in [0.1, 0.15) is 39.7 Å². The zero-order valence-electron chi connectivity index (χ0n) is 15.3. The molecule has 1 aromatic rings. The number of amides is 1. The van der Waals surface area contributed by atoms with Crippen molar-refractivity contribution in [2.24, 2.45) is 5.92 Å². The number of Topliss-reactive ketones (excluding diaryl/α,β-unsaturated/α-hetero) is 1. The Morgan fingerprint density at radius 1 is 1.32 bits per heavy atom. The summed E-state index contributed by atoms with van der Waals surface area (Å²) in [6, 6.07) is 9.01. The number of aliphatic hydroxyl groups is 1. The number of aliphatic hydroxyl groups excluding tert-OH is 1. The van der Waals surface area contributed by atoms with Gasteiger partial charge in [-0.05, 0) is 39.7 Å². The summed E-state index contributed by atoms with van der Waals surface area (Å²) >= 11 is 0. The molecule has 136 valence electrons. The monoisotopic (exact) mass is 345 g/mol. The van der Waals surface area contributed by atoms with Crippen LogP contribution in [0.5, 0.6) is 0 Å². The van der Waals surface area contributed by atoms with E-state index in [0.717, 1.165) is 5.56 Å². The molecule has 1 aliphatic rings. The van der Waals surface area contributed by atoms with Crippen molar-refractivity contribution in [1.82, 2.24) is 4.90 Å². The van der Waals surface area contributed by atoms with Crippen LogP contribution in [0, 0.1) is 5.92 Å². The lowest BCUT2D eigenvalue weighted by atomic mass is 9.85. The first-order valence-electron chi connectivity index (χ1n) is 8.64. The first-order valence-corrected chi connectivity index (χ1v) is 8.64. The van der Waals surface area contributed by atoms with E-state index in [0.29, 0.717) is 13.0 Å². The average Bonchev–Trinajstić information content (AvgIpc) is 2.54. The maximum absolute atomic E-state index is 12.6. The molecule has 0 aliphatic carbocycles. The number of piperidine rings is 1. The van der Waals surface area contributed by atoms with Gasteiger partial charge in [-0.3, -0.25) is 9.69 Å². The van der Waals surface area contributed by atoms with Gasteiger partial charge >= 0.3 is 6.09 Å². The summed E-state index contributed by atoms with van der Waals surface area (Å²) in [4.78, 5) is 26.3. The van der Waals surface area contributed by atoms with Crippen molar-refractivity contribution in [3.63, 3.8) is 0 Å². The van der Waals surface area contributed by atoms with E-state index in [9.17, 15) is 14.7 Å². The first kappa shape index (κ1) is 19.2. The third-order valence-corrected chi connectivity index (χ3v) is 4.25. The fraction of sp³-hybridized carbons (Fsp3) is 0.500. The molecule has 1 saturated heterocycles. The Balaban J connectivity index is 2.01. The number of carbonyl (C=O) groups excluding carboxylic acids is 2. The molecule has 0 aromatic heterocycles. The van der Waals surface area contributed by atoms with Crippen LogP contribution in [0.15, 0.2) is 36.4 Å². The van der Waals surface area contributed by atoms with Gasteiger partial charge in [0.05, 0.1) is 18.1 Å². The van der Waals surface area contributed by atoms with Gasteiger partial charge in [0, 0.05) is 6.54 Å². The van der Waals surface area contributed by atoms with Crippen molar-refractivity contribution >= 4 is 18.0 Å². The number of hydrogen-bond acceptors (Lipinski definition) is 4. The molecule has 1 amide bonds. The average molecular weight is 345 g/mol. The van der Waals surface area contributed by atoms with Crippen molar-refractivity contribution in [2.75, 3.05) is 6.54 Å². The van der Waals surface area contributed by atoms with Gasteiger partial charge in [0.2, 0.25) is 0 Å². The van der Waals surface area contributed by atoms with E-state index in [4.69, 9.17) is 4.74 Å². The number of nitrogens with zero attached hydrogens (tertiary/aromatic N) is 1. The molecule has 3 atom stereocenters. The van der Waals surface area contributed by atoms with Crippen molar-refractivity contribution in [3.05, 3.63) is 42.0 Å². The molecule has 1 heterocycles. The van der Waals surface area contributed by atoms with Gasteiger partial charge in [-0.1, -0.05) is 42.5 Å². The van der Waals surface area contributed by atoms with Crippen LogP contribution in [0.25, 0.3) is 6.08 Å². The molecule has 0 radical (unpaired) electrons. The summed E-state index contributed by atoms with van der Waals surface area (Å²) in [6.07, 6.45) is 2.52. The molecule has 1 fully saturated rings. The largest absolute Gasteiger partial charge is 0.444 e. The number of hydrogen-bond donors (Lipinski definition) is 1. The highest BCUT2D eigenvalue weighted by atomic mass is 16.6. The summed E-state index contributed by atoms with van der Waals surface area (Å²) in [5, 5.41) is 10.4. The summed E-state index contributed by atoms with van der Waals surface area (Å²) in [7, 11) is 0. The fourth-order valence-corrected chi connectivity index (χ4v) is 2.89. The van der Waals surface area contributed by atoms with Gasteiger partial charge in [0.25, 0.3) is 0 Å². The highest BCUT2D eigenvalue weighted by molar-refractivity contribution is 5.90. The molecule has 1 N–H and O–H groups in total. The fourth-order valence-electron chi connectivity index (χ4n) is 2.89. The second kappa shape index (κ2) is 7.83. The number of likely N-dealkylation sites (tertiary alicyclic amines) is 1. The number of benzene rings is 1. The van der Waals surface area contributed by atoms with E-state index in [-0.39, 0.29) is 5.78 Å². The SMILES string of the molecule is CC1C(=O)C(C(O)/C=C/c2ccccc2)CCN1C(=O)OC(C)(C)C. The van der Waals surface area contributed by atoms with Crippen molar-refractivity contribution in [1.29, 1.82) is 0 Å². The number of ether oxygens (including phenoxy) is 1. The molecule has 1 aromatic carbocycles. The van der Waals surface area contributed by atoms with Crippen molar-refractivity contribution in [3.8, 4) is 0 Å². The van der Waals surface area contributed by atoms with Gasteiger partial charge < -0.3 is 9.84 Å². The molecule has 0 spiro atoms. The van der Waals surface area contributed by atoms with E-state index in [1.165, 1.54) is 4.90 Å². The van der Waals surface area contributed by atoms with Crippen LogP contribution in [0.2, 0.25) is 0 Å². The summed E-state index contributed by atoms with van der Waals surface area (Å²) in [5.74, 6) is -0.643. The second-order valence-corrected chi connectivity index (χ2v) is 7.41. The standard InChI is InChI=1S/C20H27NO4/c1-14-18(23)16(12-13-21(14)19(24)25-20(2,3)4)17(22)11-10-15-8-6-5-7-9-15/h5-11,14,16-17,22H,12-13H2,1-4H3/b11-10+. The Kier molecular flexibility index (Phi) is 6.01. The van der Waals surface area contributed by atoms with Crippen molar-refractivity contribution in [2.45, 2.75) is 51.9 Å². The zero-order valence-corrected chi connectivity index (χ0v) is 15.3. The minimum absolute atomic E-state index is 0.137. The predicted octanol–water partition coefficient (Wildman–Crippen LogP) is 3.28. The minimum atomic E-state index is -0.865. The van der Waals surface area contributed by atoms with Crippen molar-refractivity contribution < 1.29 is 19.4 Å². The van der Waals surface area contributed by atoms with E-state index in [2.05, 4.69) is 0 Å². The molecule has 0 saturated carbocycles. The zero-order chi connectivity index (χ0) is 18.6. The van der Waals surface area contributed by atoms with Gasteiger partial charge in [-0.15, -0.1) is 0 Å². The smallest absolute Gasteiger partial charge is 0.410 e. The maximum atomic E-state index is 12.6. The van der Waals surface area contributed by atoms with Crippen LogP contribution in [-0.4, -0.2) is 46.2 Å². The van der Waals surface area contributed by atoms with E-state index < -0.39 is 29.8 Å². The molecule has 5 nitrogen and oxygen atoms in total. The van der Waals surface area contributed by atoms with E-state index in [1.807, 2.05) is 36.4 Å². The van der Waals surface area contributed by atoms with Crippen LogP contribution in [0.4, 0.5) is 4.79 Å². The molecule has 1 aliphatic heterocycles. The van der Waals surface area contributed by atoms with Gasteiger partial charge in [0.1, 0.15) is 5.60 Å². The Morgan fingerprint density at radius 2 is 1.96 bits per heavy atom. The highest BCUT2D eigenvalue weighted by Crippen LogP contribution is 2.25. The van der Waals surface area contributed by atoms with Crippen LogP contribution < -0.4 is 0 Å².